The maximum Gasteiger partial charge on any atom is 0.233 e. The summed E-state index contributed by atoms with van der Waals surface area (Å²) in [4.78, 5) is 28.1. The third-order valence-electron chi connectivity index (χ3n) is 5.97. The zero-order valence-corrected chi connectivity index (χ0v) is 20.7. The van der Waals surface area contributed by atoms with Gasteiger partial charge in [0.05, 0.1) is 16.7 Å². The molecule has 6 nitrogen and oxygen atoms in total. The number of thioether (sulfide) groups is 1. The molecule has 0 spiro atoms. The van der Waals surface area contributed by atoms with Gasteiger partial charge in [-0.1, -0.05) is 44.5 Å². The minimum Gasteiger partial charge on any atom is -0.334 e. The molecular formula is C22H32ClN3O3S2. The zero-order valence-electron chi connectivity index (χ0n) is 18.4. The van der Waals surface area contributed by atoms with Crippen molar-refractivity contribution in [2.45, 2.75) is 69.4 Å². The molecule has 1 saturated heterocycles. The standard InChI is InChI=1S/C22H32ClN3O3S2/c1-15(2)30-13-12-26-19(16-4-6-17(23)7-5-16)10-11-22(3,21(26)28)14-20(27)25-31(24,29)18-8-9-18/h4-7,15,18-19H,8-14H2,1-3H3,(H2,24,25,27,29)/t19?,22-,31?/m1/s1. The second-order valence-electron chi connectivity index (χ2n) is 9.09. The van der Waals surface area contributed by atoms with E-state index in [1.807, 2.05) is 36.1 Å². The Balaban J connectivity index is 1.76. The molecule has 2 unspecified atom stereocenters. The highest BCUT2D eigenvalue weighted by Crippen LogP contribution is 2.43. The second kappa shape index (κ2) is 9.71. The number of carbonyl (C=O) groups excluding carboxylic acids is 2. The molecule has 31 heavy (non-hydrogen) atoms. The summed E-state index contributed by atoms with van der Waals surface area (Å²) in [6.07, 6.45) is 2.67. The molecule has 2 amide bonds. The fraction of sp³-hybridized carbons (Fsp3) is 0.636. The summed E-state index contributed by atoms with van der Waals surface area (Å²) in [6, 6.07) is 7.55. The number of nitrogens with zero attached hydrogens (tertiary/aromatic N) is 1. The Bertz CT molecular complexity index is 916. The molecule has 1 aromatic rings. The lowest BCUT2D eigenvalue weighted by Gasteiger charge is -2.44. The quantitative estimate of drug-likeness (QED) is 0.526. The van der Waals surface area contributed by atoms with Crippen LogP contribution in [0.2, 0.25) is 5.02 Å². The van der Waals surface area contributed by atoms with Crippen LogP contribution in [-0.2, 0) is 19.5 Å². The summed E-state index contributed by atoms with van der Waals surface area (Å²) in [7, 11) is -3.12. The second-order valence-corrected chi connectivity index (χ2v) is 13.3. The smallest absolute Gasteiger partial charge is 0.233 e. The normalized spacial score (nSPS) is 26.0. The lowest BCUT2D eigenvalue weighted by Crippen LogP contribution is -2.51. The van der Waals surface area contributed by atoms with E-state index in [9.17, 15) is 13.8 Å². The summed E-state index contributed by atoms with van der Waals surface area (Å²) in [5.74, 6) is 0.295. The molecule has 1 aliphatic heterocycles. The van der Waals surface area contributed by atoms with Crippen LogP contribution in [0.4, 0.5) is 0 Å². The number of rotatable bonds is 9. The largest absolute Gasteiger partial charge is 0.334 e. The van der Waals surface area contributed by atoms with Crippen LogP contribution < -0.4 is 4.72 Å². The van der Waals surface area contributed by atoms with Crippen molar-refractivity contribution in [3.8, 4) is 0 Å². The van der Waals surface area contributed by atoms with E-state index >= 15 is 0 Å². The number of benzene rings is 1. The fourth-order valence-electron chi connectivity index (χ4n) is 4.09. The molecule has 9 heteroatoms. The summed E-state index contributed by atoms with van der Waals surface area (Å²) in [6.45, 7) is 6.68. The Morgan fingerprint density at radius 3 is 2.55 bits per heavy atom. The van der Waals surface area contributed by atoms with Crippen molar-refractivity contribution in [1.29, 1.82) is 4.78 Å². The van der Waals surface area contributed by atoms with E-state index in [2.05, 4.69) is 18.6 Å². The molecule has 2 aliphatic rings. The maximum absolute atomic E-state index is 13.6. The number of likely N-dealkylation sites (tertiary alicyclic amines) is 1. The van der Waals surface area contributed by atoms with E-state index in [-0.39, 0.29) is 23.6 Å². The van der Waals surface area contributed by atoms with Crippen molar-refractivity contribution in [2.75, 3.05) is 12.3 Å². The monoisotopic (exact) mass is 485 g/mol. The van der Waals surface area contributed by atoms with Crippen molar-refractivity contribution < 1.29 is 13.8 Å². The molecular weight excluding hydrogens is 454 g/mol. The average Bonchev–Trinajstić information content (AvgIpc) is 3.51. The van der Waals surface area contributed by atoms with E-state index in [1.165, 1.54) is 0 Å². The average molecular weight is 486 g/mol. The number of carbonyl (C=O) groups is 2. The van der Waals surface area contributed by atoms with Gasteiger partial charge >= 0.3 is 0 Å². The third kappa shape index (κ3) is 6.17. The first-order chi connectivity index (χ1) is 14.5. The molecule has 0 aromatic heterocycles. The van der Waals surface area contributed by atoms with E-state index in [0.29, 0.717) is 36.1 Å². The summed E-state index contributed by atoms with van der Waals surface area (Å²) in [5, 5.41) is 0.882. The van der Waals surface area contributed by atoms with Crippen LogP contribution in [0, 0.1) is 10.2 Å². The molecule has 0 bridgehead atoms. The lowest BCUT2D eigenvalue weighted by atomic mass is 9.74. The summed E-state index contributed by atoms with van der Waals surface area (Å²) >= 11 is 7.85. The molecule has 1 heterocycles. The van der Waals surface area contributed by atoms with Crippen molar-refractivity contribution in [3.63, 3.8) is 0 Å². The minimum absolute atomic E-state index is 0.0460. The van der Waals surface area contributed by atoms with Gasteiger partial charge in [-0.3, -0.25) is 14.3 Å². The number of halogens is 1. The van der Waals surface area contributed by atoms with E-state index in [0.717, 1.165) is 17.7 Å². The van der Waals surface area contributed by atoms with Crippen molar-refractivity contribution in [2.24, 2.45) is 5.41 Å². The molecule has 2 fully saturated rings. The lowest BCUT2D eigenvalue weighted by molar-refractivity contribution is -0.151. The third-order valence-corrected chi connectivity index (χ3v) is 9.25. The number of piperidine rings is 1. The summed E-state index contributed by atoms with van der Waals surface area (Å²) < 4.78 is 22.7. The van der Waals surface area contributed by atoms with Crippen molar-refractivity contribution in [3.05, 3.63) is 34.9 Å². The van der Waals surface area contributed by atoms with Gasteiger partial charge in [0.15, 0.2) is 0 Å². The molecule has 1 saturated carbocycles. The molecule has 3 atom stereocenters. The van der Waals surface area contributed by atoms with Crippen molar-refractivity contribution >= 4 is 45.1 Å². The van der Waals surface area contributed by atoms with Crippen LogP contribution in [0.25, 0.3) is 0 Å². The molecule has 2 N–H and O–H groups in total. The van der Waals surface area contributed by atoms with Crippen LogP contribution in [0.3, 0.4) is 0 Å². The van der Waals surface area contributed by atoms with E-state index in [4.69, 9.17) is 16.4 Å². The van der Waals surface area contributed by atoms with Gasteiger partial charge in [-0.05, 0) is 48.6 Å². The molecule has 3 rings (SSSR count). The highest BCUT2D eigenvalue weighted by molar-refractivity contribution is 7.99. The fourth-order valence-corrected chi connectivity index (χ4v) is 6.37. The Labute approximate surface area is 195 Å². The molecule has 172 valence electrons. The van der Waals surface area contributed by atoms with Crippen molar-refractivity contribution in [1.82, 2.24) is 9.62 Å². The Kier molecular flexibility index (Phi) is 7.64. The summed E-state index contributed by atoms with van der Waals surface area (Å²) in [5.41, 5.74) is 0.177. The first-order valence-corrected chi connectivity index (χ1v) is 13.8. The Hall–Kier alpha value is -1.25. The van der Waals surface area contributed by atoms with Gasteiger partial charge in [0.2, 0.25) is 11.8 Å². The van der Waals surface area contributed by atoms with E-state index in [1.54, 1.807) is 11.8 Å². The Morgan fingerprint density at radius 1 is 1.32 bits per heavy atom. The minimum atomic E-state index is -3.12. The highest BCUT2D eigenvalue weighted by atomic mass is 35.5. The first kappa shape index (κ1) is 24.4. The number of hydrogen-bond acceptors (Lipinski definition) is 5. The van der Waals surface area contributed by atoms with Crippen LogP contribution in [0.1, 0.15) is 64.5 Å². The SMILES string of the molecule is CC(C)SCCN1C(=O)[C@@](C)(CC(=O)NS(=N)(=O)C2CC2)CCC1c1ccc(Cl)cc1. The van der Waals surface area contributed by atoms with Gasteiger partial charge in [-0.2, -0.15) is 11.8 Å². The van der Waals surface area contributed by atoms with E-state index < -0.39 is 21.2 Å². The molecule has 1 aliphatic carbocycles. The number of nitrogens with one attached hydrogen (secondary N) is 2. The van der Waals surface area contributed by atoms with Gasteiger partial charge < -0.3 is 4.90 Å². The van der Waals surface area contributed by atoms with Gasteiger partial charge in [0, 0.05) is 23.7 Å². The van der Waals surface area contributed by atoms with Crippen LogP contribution in [0.15, 0.2) is 24.3 Å². The Morgan fingerprint density at radius 2 is 1.97 bits per heavy atom. The highest BCUT2D eigenvalue weighted by Gasteiger charge is 2.46. The van der Waals surface area contributed by atoms with Gasteiger partial charge in [0.25, 0.3) is 0 Å². The van der Waals surface area contributed by atoms with Crippen LogP contribution in [0.5, 0.6) is 0 Å². The van der Waals surface area contributed by atoms with Gasteiger partial charge in [-0.15, -0.1) is 0 Å². The topological polar surface area (TPSA) is 90.3 Å². The predicted octanol–water partition coefficient (Wildman–Crippen LogP) is 4.78. The maximum atomic E-state index is 13.6. The molecule has 0 radical (unpaired) electrons. The molecule has 1 aromatic carbocycles. The zero-order chi connectivity index (χ0) is 22.8. The number of amides is 2. The van der Waals surface area contributed by atoms with Gasteiger partial charge in [-0.25, -0.2) is 8.99 Å². The first-order valence-electron chi connectivity index (χ1n) is 10.8. The predicted molar refractivity (Wildman–Crippen MR) is 127 cm³/mol. The van der Waals surface area contributed by atoms with Crippen LogP contribution in [-0.4, -0.2) is 43.7 Å². The van der Waals surface area contributed by atoms with Gasteiger partial charge in [0.1, 0.15) is 9.92 Å². The number of hydrogen-bond donors (Lipinski definition) is 2. The van der Waals surface area contributed by atoms with Crippen LogP contribution >= 0.6 is 23.4 Å².